The lowest BCUT2D eigenvalue weighted by atomic mass is 9.85. The third-order valence-corrected chi connectivity index (χ3v) is 1.97. The van der Waals surface area contributed by atoms with Crippen molar-refractivity contribution in [3.05, 3.63) is 0 Å². The Hall–Kier alpha value is -0.0800. The molecule has 0 bridgehead atoms. The number of hydrogen-bond donors (Lipinski definition) is 0. The Morgan fingerprint density at radius 2 is 2.12 bits per heavy atom. The molecule has 0 N–H and O–H groups in total. The van der Waals surface area contributed by atoms with E-state index < -0.39 is 0 Å². The molecule has 2 aliphatic rings. The van der Waals surface area contributed by atoms with Gasteiger partial charge in [0.05, 0.1) is 25.9 Å². The molecule has 2 heterocycles. The highest BCUT2D eigenvalue weighted by Crippen LogP contribution is 2.38. The Balaban J connectivity index is 1.99. The van der Waals surface area contributed by atoms with E-state index in [2.05, 4.69) is 6.92 Å². The molecule has 2 heteroatoms. The maximum atomic E-state index is 5.14. The van der Waals surface area contributed by atoms with E-state index in [9.17, 15) is 0 Å². The standard InChI is InChI=1S/C6H10O2/c1-6(3-7-4-6)5-2-8-5/h5H,2-4H2,1H3/t5-/m0/s1. The highest BCUT2D eigenvalue weighted by molar-refractivity contribution is 4.94. The van der Waals surface area contributed by atoms with E-state index in [1.807, 2.05) is 0 Å². The number of ether oxygens (including phenoxy) is 2. The molecule has 46 valence electrons. The SMILES string of the molecule is CC1([C@@H]2CO2)COC1. The highest BCUT2D eigenvalue weighted by atomic mass is 16.6. The summed E-state index contributed by atoms with van der Waals surface area (Å²) >= 11 is 0. The molecule has 0 amide bonds. The van der Waals surface area contributed by atoms with Gasteiger partial charge in [0.2, 0.25) is 0 Å². The molecule has 0 aromatic rings. The Labute approximate surface area is 48.8 Å². The van der Waals surface area contributed by atoms with Crippen LogP contribution in [0.2, 0.25) is 0 Å². The third-order valence-electron chi connectivity index (χ3n) is 1.97. The molecule has 0 spiro atoms. The summed E-state index contributed by atoms with van der Waals surface area (Å²) in [5.74, 6) is 0. The topological polar surface area (TPSA) is 21.8 Å². The van der Waals surface area contributed by atoms with Crippen LogP contribution in [0.4, 0.5) is 0 Å². The quantitative estimate of drug-likeness (QED) is 0.461. The maximum Gasteiger partial charge on any atom is 0.0907 e. The van der Waals surface area contributed by atoms with Gasteiger partial charge >= 0.3 is 0 Å². The zero-order chi connectivity index (χ0) is 5.61. The lowest BCUT2D eigenvalue weighted by molar-refractivity contribution is -0.114. The van der Waals surface area contributed by atoms with Crippen molar-refractivity contribution < 1.29 is 9.47 Å². The van der Waals surface area contributed by atoms with Crippen molar-refractivity contribution in [3.8, 4) is 0 Å². The predicted octanol–water partition coefficient (Wildman–Crippen LogP) is 0.422. The molecule has 0 saturated carbocycles. The first kappa shape index (κ1) is 4.77. The van der Waals surface area contributed by atoms with E-state index in [4.69, 9.17) is 9.47 Å². The van der Waals surface area contributed by atoms with Gasteiger partial charge in [-0.3, -0.25) is 0 Å². The first-order valence-corrected chi connectivity index (χ1v) is 3.01. The van der Waals surface area contributed by atoms with Crippen LogP contribution in [0, 0.1) is 5.41 Å². The van der Waals surface area contributed by atoms with E-state index in [1.165, 1.54) is 0 Å². The molecule has 2 rings (SSSR count). The van der Waals surface area contributed by atoms with Crippen molar-refractivity contribution in [3.63, 3.8) is 0 Å². The summed E-state index contributed by atoms with van der Waals surface area (Å²) in [6, 6.07) is 0. The Bertz CT molecular complexity index is 103. The third kappa shape index (κ3) is 0.501. The predicted molar refractivity (Wildman–Crippen MR) is 28.7 cm³/mol. The summed E-state index contributed by atoms with van der Waals surface area (Å²) in [6.45, 7) is 4.98. The van der Waals surface area contributed by atoms with Crippen LogP contribution in [-0.2, 0) is 9.47 Å². The van der Waals surface area contributed by atoms with Gasteiger partial charge < -0.3 is 9.47 Å². The van der Waals surface area contributed by atoms with Gasteiger partial charge in [-0.05, 0) is 0 Å². The van der Waals surface area contributed by atoms with Crippen LogP contribution in [0.15, 0.2) is 0 Å². The maximum absolute atomic E-state index is 5.14. The smallest absolute Gasteiger partial charge is 0.0907 e. The summed E-state index contributed by atoms with van der Waals surface area (Å²) in [5, 5.41) is 0. The fourth-order valence-electron chi connectivity index (χ4n) is 1.06. The van der Waals surface area contributed by atoms with Crippen molar-refractivity contribution in [2.24, 2.45) is 5.41 Å². The minimum Gasteiger partial charge on any atom is -0.380 e. The van der Waals surface area contributed by atoms with Gasteiger partial charge in [-0.25, -0.2) is 0 Å². The molecule has 0 unspecified atom stereocenters. The highest BCUT2D eigenvalue weighted by Gasteiger charge is 2.48. The van der Waals surface area contributed by atoms with Crippen LogP contribution in [0.1, 0.15) is 6.92 Å². The molecule has 2 saturated heterocycles. The van der Waals surface area contributed by atoms with Crippen LogP contribution in [0.25, 0.3) is 0 Å². The largest absolute Gasteiger partial charge is 0.380 e. The second-order valence-corrected chi connectivity index (χ2v) is 2.97. The van der Waals surface area contributed by atoms with Gasteiger partial charge in [-0.1, -0.05) is 6.92 Å². The average Bonchev–Trinajstić information content (AvgIpc) is 2.38. The van der Waals surface area contributed by atoms with Crippen LogP contribution in [0.5, 0.6) is 0 Å². The molecule has 0 aromatic heterocycles. The van der Waals surface area contributed by atoms with Gasteiger partial charge in [0.1, 0.15) is 0 Å². The molecule has 2 nitrogen and oxygen atoms in total. The second-order valence-electron chi connectivity index (χ2n) is 2.97. The van der Waals surface area contributed by atoms with Gasteiger partial charge in [-0.2, -0.15) is 0 Å². The lowest BCUT2D eigenvalue weighted by Crippen LogP contribution is -2.44. The summed E-state index contributed by atoms with van der Waals surface area (Å²) in [4.78, 5) is 0. The summed E-state index contributed by atoms with van der Waals surface area (Å²) in [6.07, 6.45) is 0.524. The van der Waals surface area contributed by atoms with Gasteiger partial charge in [0.25, 0.3) is 0 Å². The second kappa shape index (κ2) is 1.25. The monoisotopic (exact) mass is 114 g/mol. The number of rotatable bonds is 1. The van der Waals surface area contributed by atoms with E-state index in [0.29, 0.717) is 11.5 Å². The van der Waals surface area contributed by atoms with E-state index in [-0.39, 0.29) is 0 Å². The van der Waals surface area contributed by atoms with Gasteiger partial charge in [-0.15, -0.1) is 0 Å². The van der Waals surface area contributed by atoms with Crippen LogP contribution >= 0.6 is 0 Å². The molecule has 1 atom stereocenters. The van der Waals surface area contributed by atoms with E-state index >= 15 is 0 Å². The summed E-state index contributed by atoms with van der Waals surface area (Å²) in [7, 11) is 0. The Kier molecular flexibility index (Phi) is 0.746. The Morgan fingerprint density at radius 1 is 1.50 bits per heavy atom. The number of epoxide rings is 1. The molecule has 0 aromatic carbocycles. The minimum absolute atomic E-state index is 0.389. The molecule has 8 heavy (non-hydrogen) atoms. The van der Waals surface area contributed by atoms with Crippen molar-refractivity contribution >= 4 is 0 Å². The molecule has 2 fully saturated rings. The van der Waals surface area contributed by atoms with Crippen molar-refractivity contribution in [2.45, 2.75) is 13.0 Å². The summed E-state index contributed by atoms with van der Waals surface area (Å²) in [5.41, 5.74) is 0.389. The molecular weight excluding hydrogens is 104 g/mol. The van der Waals surface area contributed by atoms with Crippen molar-refractivity contribution in [1.29, 1.82) is 0 Å². The summed E-state index contributed by atoms with van der Waals surface area (Å²) < 4.78 is 10.2. The fraction of sp³-hybridized carbons (Fsp3) is 1.00. The zero-order valence-corrected chi connectivity index (χ0v) is 5.02. The molecule has 0 aliphatic carbocycles. The molecule has 2 aliphatic heterocycles. The van der Waals surface area contributed by atoms with Crippen LogP contribution < -0.4 is 0 Å². The van der Waals surface area contributed by atoms with Gasteiger partial charge in [0, 0.05) is 5.41 Å². The average molecular weight is 114 g/mol. The molecule has 0 radical (unpaired) electrons. The first-order valence-electron chi connectivity index (χ1n) is 3.01. The van der Waals surface area contributed by atoms with Gasteiger partial charge in [0.15, 0.2) is 0 Å². The van der Waals surface area contributed by atoms with Crippen molar-refractivity contribution in [2.75, 3.05) is 19.8 Å². The molecular formula is C6H10O2. The van der Waals surface area contributed by atoms with Crippen LogP contribution in [-0.4, -0.2) is 25.9 Å². The minimum atomic E-state index is 0.389. The van der Waals surface area contributed by atoms with E-state index in [0.717, 1.165) is 19.8 Å². The normalized spacial score (nSPS) is 40.9. The first-order chi connectivity index (χ1) is 3.81. The van der Waals surface area contributed by atoms with E-state index in [1.54, 1.807) is 0 Å². The number of hydrogen-bond acceptors (Lipinski definition) is 2. The van der Waals surface area contributed by atoms with Crippen LogP contribution in [0.3, 0.4) is 0 Å². The lowest BCUT2D eigenvalue weighted by Gasteiger charge is -2.36. The fourth-order valence-corrected chi connectivity index (χ4v) is 1.06. The van der Waals surface area contributed by atoms with Crippen molar-refractivity contribution in [1.82, 2.24) is 0 Å². The Morgan fingerprint density at radius 3 is 2.25 bits per heavy atom. The zero-order valence-electron chi connectivity index (χ0n) is 5.02.